The van der Waals surface area contributed by atoms with Crippen molar-refractivity contribution in [2.45, 2.75) is 49.6 Å². The lowest BCUT2D eigenvalue weighted by atomic mass is 9.95. The molecular weight excluding hydrogens is 443 g/mol. The quantitative estimate of drug-likeness (QED) is 0.583. The zero-order valence-electron chi connectivity index (χ0n) is 15.3. The van der Waals surface area contributed by atoms with Crippen molar-refractivity contribution < 1.29 is 40.1 Å². The Labute approximate surface area is 169 Å². The van der Waals surface area contributed by atoms with Gasteiger partial charge < -0.3 is 9.42 Å². The summed E-state index contributed by atoms with van der Waals surface area (Å²) in [6.07, 6.45) is -14.8. The van der Waals surface area contributed by atoms with Gasteiger partial charge in [0.15, 0.2) is 0 Å². The number of amides is 1. The van der Waals surface area contributed by atoms with Gasteiger partial charge in [-0.2, -0.15) is 31.3 Å². The van der Waals surface area contributed by atoms with Crippen LogP contribution in [0.15, 0.2) is 22.0 Å². The molecule has 1 aliphatic heterocycles. The standard InChI is InChI=1S/C17H16F7N3O2S/c18-15(16(19,20)21,17(22,23)24)6-3-12(28)27-7-4-10(5-8-27)14-25-13(26-29-14)11-2-1-9-30-11/h1-2,9-10H,3-8H2. The van der Waals surface area contributed by atoms with Crippen LogP contribution in [0.4, 0.5) is 30.7 Å². The van der Waals surface area contributed by atoms with Gasteiger partial charge in [0.1, 0.15) is 0 Å². The number of aromatic nitrogens is 2. The minimum absolute atomic E-state index is 0.0809. The number of halogens is 7. The van der Waals surface area contributed by atoms with Crippen molar-refractivity contribution in [1.29, 1.82) is 0 Å². The lowest BCUT2D eigenvalue weighted by Crippen LogP contribution is -2.53. The van der Waals surface area contributed by atoms with Gasteiger partial charge in [-0.3, -0.25) is 4.79 Å². The van der Waals surface area contributed by atoms with E-state index in [9.17, 15) is 35.5 Å². The number of likely N-dealkylation sites (tertiary alicyclic amines) is 1. The molecule has 1 saturated heterocycles. The van der Waals surface area contributed by atoms with E-state index in [0.717, 1.165) is 9.78 Å². The predicted octanol–water partition coefficient (Wildman–Crippen LogP) is 5.12. The van der Waals surface area contributed by atoms with E-state index in [2.05, 4.69) is 10.1 Å². The lowest BCUT2D eigenvalue weighted by molar-refractivity contribution is -0.343. The summed E-state index contributed by atoms with van der Waals surface area (Å²) in [6.45, 7) is 0.162. The summed E-state index contributed by atoms with van der Waals surface area (Å²) in [6, 6.07) is 3.64. The molecule has 0 saturated carbocycles. The number of nitrogens with zero attached hydrogens (tertiary/aromatic N) is 3. The highest BCUT2D eigenvalue weighted by molar-refractivity contribution is 7.13. The fourth-order valence-corrected chi connectivity index (χ4v) is 3.81. The minimum atomic E-state index is -6.16. The van der Waals surface area contributed by atoms with E-state index in [1.165, 1.54) is 11.3 Å². The first kappa shape index (κ1) is 22.5. The molecule has 0 spiro atoms. The lowest BCUT2D eigenvalue weighted by Gasteiger charge is -2.33. The second-order valence-corrected chi connectivity index (χ2v) is 7.83. The molecule has 30 heavy (non-hydrogen) atoms. The number of hydrogen-bond donors (Lipinski definition) is 0. The molecule has 1 amide bonds. The first-order valence-corrected chi connectivity index (χ1v) is 9.78. The maximum absolute atomic E-state index is 13.7. The molecule has 0 N–H and O–H groups in total. The van der Waals surface area contributed by atoms with E-state index in [-0.39, 0.29) is 19.0 Å². The SMILES string of the molecule is O=C(CCC(F)(C(F)(F)F)C(F)(F)F)N1CCC(c2nc(-c3cccs3)no2)CC1. The van der Waals surface area contributed by atoms with E-state index in [4.69, 9.17) is 4.52 Å². The van der Waals surface area contributed by atoms with Gasteiger partial charge in [-0.25, -0.2) is 4.39 Å². The van der Waals surface area contributed by atoms with Crippen LogP contribution in [0.2, 0.25) is 0 Å². The summed E-state index contributed by atoms with van der Waals surface area (Å²) in [5.74, 6) is -0.394. The van der Waals surface area contributed by atoms with Gasteiger partial charge >= 0.3 is 12.4 Å². The monoisotopic (exact) mass is 459 g/mol. The van der Waals surface area contributed by atoms with Crippen molar-refractivity contribution in [3.63, 3.8) is 0 Å². The largest absolute Gasteiger partial charge is 0.431 e. The smallest absolute Gasteiger partial charge is 0.343 e. The van der Waals surface area contributed by atoms with Crippen molar-refractivity contribution in [3.8, 4) is 10.7 Å². The molecule has 0 radical (unpaired) electrons. The number of alkyl halides is 7. The van der Waals surface area contributed by atoms with E-state index in [1.54, 1.807) is 0 Å². The summed E-state index contributed by atoms with van der Waals surface area (Å²) in [7, 11) is 0. The Bertz CT molecular complexity index is 842. The van der Waals surface area contributed by atoms with Crippen LogP contribution in [0, 0.1) is 0 Å². The average molecular weight is 459 g/mol. The van der Waals surface area contributed by atoms with Gasteiger partial charge in [-0.15, -0.1) is 11.3 Å². The molecule has 0 atom stereocenters. The van der Waals surface area contributed by atoms with Crippen LogP contribution < -0.4 is 0 Å². The number of hydrogen-bond acceptors (Lipinski definition) is 5. The van der Waals surface area contributed by atoms with E-state index < -0.39 is 36.8 Å². The summed E-state index contributed by atoms with van der Waals surface area (Å²) < 4.78 is 94.5. The second-order valence-electron chi connectivity index (χ2n) is 6.89. The van der Waals surface area contributed by atoms with Gasteiger partial charge in [-0.1, -0.05) is 11.2 Å². The molecule has 0 bridgehead atoms. The highest BCUT2D eigenvalue weighted by Gasteiger charge is 2.72. The van der Waals surface area contributed by atoms with Gasteiger partial charge in [-0.05, 0) is 24.3 Å². The second kappa shape index (κ2) is 8.16. The predicted molar refractivity (Wildman–Crippen MR) is 91.3 cm³/mol. The molecule has 3 rings (SSSR count). The third kappa shape index (κ3) is 4.44. The molecule has 166 valence electrons. The van der Waals surface area contributed by atoms with Crippen molar-refractivity contribution in [2.75, 3.05) is 13.1 Å². The van der Waals surface area contributed by atoms with Crippen molar-refractivity contribution >= 4 is 17.2 Å². The third-order valence-electron chi connectivity index (χ3n) is 4.96. The van der Waals surface area contributed by atoms with Crippen LogP contribution in [0.25, 0.3) is 10.7 Å². The molecule has 0 aliphatic carbocycles. The Balaban J connectivity index is 1.55. The summed E-state index contributed by atoms with van der Waals surface area (Å²) in [4.78, 5) is 18.3. The first-order valence-electron chi connectivity index (χ1n) is 8.90. The Hall–Kier alpha value is -2.18. The normalized spacial score (nSPS) is 16.8. The highest BCUT2D eigenvalue weighted by Crippen LogP contribution is 2.49. The zero-order chi connectivity index (χ0) is 22.2. The molecule has 0 aromatic carbocycles. The molecule has 2 aromatic rings. The summed E-state index contributed by atoms with van der Waals surface area (Å²) in [5.41, 5.74) is -5.42. The van der Waals surface area contributed by atoms with Gasteiger partial charge in [0.05, 0.1) is 4.88 Å². The third-order valence-corrected chi connectivity index (χ3v) is 5.83. The van der Waals surface area contributed by atoms with Crippen molar-refractivity contribution in [1.82, 2.24) is 15.0 Å². The molecule has 0 unspecified atom stereocenters. The maximum Gasteiger partial charge on any atom is 0.431 e. The Kier molecular flexibility index (Phi) is 6.12. The number of thiophene rings is 1. The van der Waals surface area contributed by atoms with E-state index >= 15 is 0 Å². The Morgan fingerprint density at radius 1 is 1.13 bits per heavy atom. The molecule has 13 heteroatoms. The van der Waals surface area contributed by atoms with Crippen LogP contribution in [0.3, 0.4) is 0 Å². The molecule has 3 heterocycles. The minimum Gasteiger partial charge on any atom is -0.343 e. The Morgan fingerprint density at radius 3 is 2.30 bits per heavy atom. The first-order chi connectivity index (χ1) is 13.9. The van der Waals surface area contributed by atoms with Crippen LogP contribution >= 0.6 is 11.3 Å². The molecule has 5 nitrogen and oxygen atoms in total. The summed E-state index contributed by atoms with van der Waals surface area (Å²) in [5, 5.41) is 5.73. The average Bonchev–Trinajstić information content (AvgIpc) is 3.35. The molecule has 1 fully saturated rings. The van der Waals surface area contributed by atoms with Gasteiger partial charge in [0.25, 0.3) is 5.67 Å². The van der Waals surface area contributed by atoms with Gasteiger partial charge in [0.2, 0.25) is 17.6 Å². The number of carbonyl (C=O) groups is 1. The van der Waals surface area contributed by atoms with Gasteiger partial charge in [0, 0.05) is 31.8 Å². The topological polar surface area (TPSA) is 59.2 Å². The van der Waals surface area contributed by atoms with Crippen LogP contribution in [0.1, 0.15) is 37.5 Å². The van der Waals surface area contributed by atoms with Crippen LogP contribution in [-0.4, -0.2) is 52.1 Å². The van der Waals surface area contributed by atoms with Crippen molar-refractivity contribution in [2.24, 2.45) is 0 Å². The van der Waals surface area contributed by atoms with Crippen LogP contribution in [0.5, 0.6) is 0 Å². The van der Waals surface area contributed by atoms with Crippen LogP contribution in [-0.2, 0) is 4.79 Å². The zero-order valence-corrected chi connectivity index (χ0v) is 16.1. The number of carbonyl (C=O) groups excluding carboxylic acids is 1. The number of rotatable bonds is 5. The molecular formula is C17H16F7N3O2S. The summed E-state index contributed by atoms with van der Waals surface area (Å²) >= 11 is 1.42. The molecule has 2 aromatic heterocycles. The Morgan fingerprint density at radius 2 is 1.77 bits per heavy atom. The molecule has 1 aliphatic rings. The maximum atomic E-state index is 13.7. The van der Waals surface area contributed by atoms with Crippen molar-refractivity contribution in [3.05, 3.63) is 23.4 Å². The van der Waals surface area contributed by atoms with E-state index in [0.29, 0.717) is 24.6 Å². The fraction of sp³-hybridized carbons (Fsp3) is 0.588. The highest BCUT2D eigenvalue weighted by atomic mass is 32.1. The number of piperidine rings is 1. The van der Waals surface area contributed by atoms with E-state index in [1.807, 2.05) is 17.5 Å². The fourth-order valence-electron chi connectivity index (χ4n) is 3.16.